The maximum atomic E-state index is 13.1. The zero-order chi connectivity index (χ0) is 31.0. The Morgan fingerprint density at radius 2 is 1.50 bits per heavy atom. The van der Waals surface area contributed by atoms with Gasteiger partial charge >= 0.3 is 5.97 Å². The van der Waals surface area contributed by atoms with Crippen LogP contribution < -0.4 is 16.0 Å². The van der Waals surface area contributed by atoms with E-state index in [0.717, 1.165) is 10.8 Å². The molecule has 1 unspecified atom stereocenters. The highest BCUT2D eigenvalue weighted by molar-refractivity contribution is 5.92. The van der Waals surface area contributed by atoms with E-state index in [9.17, 15) is 34.5 Å². The molecular formula is C32H45N3O7. The van der Waals surface area contributed by atoms with E-state index in [-0.39, 0.29) is 30.2 Å². The average Bonchev–Trinajstić information content (AvgIpc) is 2.94. The van der Waals surface area contributed by atoms with Crippen LogP contribution in [0.2, 0.25) is 0 Å². The van der Waals surface area contributed by atoms with Crippen molar-refractivity contribution in [2.45, 2.75) is 96.6 Å². The van der Waals surface area contributed by atoms with Crippen LogP contribution in [0.25, 0.3) is 10.8 Å². The lowest BCUT2D eigenvalue weighted by molar-refractivity contribution is -0.143. The first kappa shape index (κ1) is 33.0. The van der Waals surface area contributed by atoms with E-state index >= 15 is 0 Å². The molecule has 3 amide bonds. The van der Waals surface area contributed by atoms with Crippen molar-refractivity contribution in [1.82, 2.24) is 16.0 Å². The monoisotopic (exact) mass is 583 g/mol. The number of aliphatic hydroxyl groups excluding tert-OH is 2. The SMILES string of the molecule is CC(C)C[C@H](NC(=O)C(O)c1cccc2ccccc12)[C@H](O)CC(=O)N[C@H](C(=O)NC1CCC(C(=O)O)CC1)C(C)C. The van der Waals surface area contributed by atoms with Crippen LogP contribution in [0.5, 0.6) is 0 Å². The van der Waals surface area contributed by atoms with Crippen molar-refractivity contribution in [2.75, 3.05) is 0 Å². The van der Waals surface area contributed by atoms with Gasteiger partial charge in [0.25, 0.3) is 5.91 Å². The summed E-state index contributed by atoms with van der Waals surface area (Å²) in [5, 5.41) is 41.2. The van der Waals surface area contributed by atoms with Crippen LogP contribution in [0.1, 0.15) is 77.9 Å². The van der Waals surface area contributed by atoms with Gasteiger partial charge in [-0.2, -0.15) is 0 Å². The van der Waals surface area contributed by atoms with Crippen LogP contribution in [0, 0.1) is 17.8 Å². The third-order valence-corrected chi connectivity index (χ3v) is 7.97. The van der Waals surface area contributed by atoms with Gasteiger partial charge in [-0.3, -0.25) is 19.2 Å². The van der Waals surface area contributed by atoms with Gasteiger partial charge in [0, 0.05) is 6.04 Å². The number of amides is 3. The number of carboxylic acids is 1. The van der Waals surface area contributed by atoms with Crippen LogP contribution in [0.15, 0.2) is 42.5 Å². The van der Waals surface area contributed by atoms with Crippen LogP contribution in [0.4, 0.5) is 0 Å². The van der Waals surface area contributed by atoms with Gasteiger partial charge in [-0.25, -0.2) is 0 Å². The Kier molecular flexibility index (Phi) is 11.9. The molecule has 10 nitrogen and oxygen atoms in total. The molecule has 1 aliphatic rings. The largest absolute Gasteiger partial charge is 0.481 e. The third kappa shape index (κ3) is 9.00. The first-order valence-corrected chi connectivity index (χ1v) is 14.8. The fourth-order valence-electron chi connectivity index (χ4n) is 5.59. The molecule has 2 aromatic carbocycles. The Hall–Kier alpha value is -3.50. The molecule has 6 N–H and O–H groups in total. The minimum absolute atomic E-state index is 0.0770. The summed E-state index contributed by atoms with van der Waals surface area (Å²) in [6.45, 7) is 7.46. The number of carbonyl (C=O) groups is 4. The van der Waals surface area contributed by atoms with Crippen LogP contribution in [-0.4, -0.2) is 63.2 Å². The standard InChI is InChI=1S/C32H45N3O7/c1-18(2)16-25(34-31(40)29(38)24-11-7-9-20-8-5-6-10-23(20)24)26(36)17-27(37)35-28(19(3)4)30(39)33-22-14-12-21(13-15-22)32(41)42/h5-11,18-19,21-22,25-26,28-29,36,38H,12-17H2,1-4H3,(H,33,39)(H,34,40)(H,35,37)(H,41,42)/t21?,22?,25-,26+,28-,29?/m0/s1. The Morgan fingerprint density at radius 3 is 2.12 bits per heavy atom. The van der Waals surface area contributed by atoms with Crippen LogP contribution in [-0.2, 0) is 19.2 Å². The highest BCUT2D eigenvalue weighted by Gasteiger charge is 2.32. The second kappa shape index (κ2) is 15.1. The lowest BCUT2D eigenvalue weighted by Crippen LogP contribution is -2.54. The predicted molar refractivity (Wildman–Crippen MR) is 159 cm³/mol. The van der Waals surface area contributed by atoms with Gasteiger partial charge in [0.15, 0.2) is 6.10 Å². The van der Waals surface area contributed by atoms with E-state index in [1.165, 1.54) is 0 Å². The molecule has 230 valence electrons. The van der Waals surface area contributed by atoms with Gasteiger partial charge in [-0.15, -0.1) is 0 Å². The molecule has 3 rings (SSSR count). The summed E-state index contributed by atoms with van der Waals surface area (Å²) in [6, 6.07) is 11.0. The summed E-state index contributed by atoms with van der Waals surface area (Å²) in [4.78, 5) is 50.3. The highest BCUT2D eigenvalue weighted by Crippen LogP contribution is 2.26. The maximum absolute atomic E-state index is 13.1. The molecule has 1 aliphatic carbocycles. The van der Waals surface area contributed by atoms with Gasteiger partial charge < -0.3 is 31.3 Å². The molecule has 0 spiro atoms. The molecule has 0 saturated heterocycles. The van der Waals surface area contributed by atoms with Crippen molar-refractivity contribution in [3.8, 4) is 0 Å². The second-order valence-electron chi connectivity index (χ2n) is 12.2. The first-order chi connectivity index (χ1) is 19.9. The van der Waals surface area contributed by atoms with E-state index in [1.54, 1.807) is 26.0 Å². The molecule has 0 aliphatic heterocycles. The number of fused-ring (bicyclic) bond motifs is 1. The molecule has 0 radical (unpaired) electrons. The van der Waals surface area contributed by atoms with Crippen molar-refractivity contribution in [1.29, 1.82) is 0 Å². The van der Waals surface area contributed by atoms with Gasteiger partial charge in [-0.05, 0) is 60.3 Å². The minimum Gasteiger partial charge on any atom is -0.481 e. The van der Waals surface area contributed by atoms with Crippen LogP contribution in [0.3, 0.4) is 0 Å². The van der Waals surface area contributed by atoms with E-state index < -0.39 is 48.0 Å². The van der Waals surface area contributed by atoms with E-state index in [1.807, 2.05) is 44.2 Å². The summed E-state index contributed by atoms with van der Waals surface area (Å²) in [7, 11) is 0. The lowest BCUT2D eigenvalue weighted by Gasteiger charge is -2.30. The summed E-state index contributed by atoms with van der Waals surface area (Å²) >= 11 is 0. The van der Waals surface area contributed by atoms with Crippen molar-refractivity contribution in [3.05, 3.63) is 48.0 Å². The molecule has 4 atom stereocenters. The molecule has 0 heterocycles. The number of rotatable bonds is 13. The van der Waals surface area contributed by atoms with E-state index in [2.05, 4.69) is 16.0 Å². The molecule has 42 heavy (non-hydrogen) atoms. The average molecular weight is 584 g/mol. The zero-order valence-corrected chi connectivity index (χ0v) is 24.9. The molecule has 2 aromatic rings. The summed E-state index contributed by atoms with van der Waals surface area (Å²) in [6.07, 6.45) is -0.600. The normalized spacial score (nSPS) is 20.0. The Labute approximate surface area is 247 Å². The number of aliphatic carboxylic acids is 1. The quantitative estimate of drug-likeness (QED) is 0.211. The number of aliphatic hydroxyl groups is 2. The summed E-state index contributed by atoms with van der Waals surface area (Å²) in [5.41, 5.74) is 0.448. The molecule has 1 fully saturated rings. The number of hydrogen-bond donors (Lipinski definition) is 6. The number of benzene rings is 2. The smallest absolute Gasteiger partial charge is 0.306 e. The molecule has 10 heteroatoms. The van der Waals surface area contributed by atoms with E-state index in [4.69, 9.17) is 0 Å². The summed E-state index contributed by atoms with van der Waals surface area (Å²) in [5.74, 6) is -2.93. The van der Waals surface area contributed by atoms with E-state index in [0.29, 0.717) is 37.7 Å². The molecule has 1 saturated carbocycles. The van der Waals surface area contributed by atoms with Crippen molar-refractivity contribution < 1.29 is 34.5 Å². The van der Waals surface area contributed by atoms with Gasteiger partial charge in [0.1, 0.15) is 6.04 Å². The maximum Gasteiger partial charge on any atom is 0.306 e. The van der Waals surface area contributed by atoms with Crippen LogP contribution >= 0.6 is 0 Å². The van der Waals surface area contributed by atoms with Gasteiger partial charge in [-0.1, -0.05) is 70.2 Å². The second-order valence-corrected chi connectivity index (χ2v) is 12.2. The number of hydrogen-bond acceptors (Lipinski definition) is 6. The fourth-order valence-corrected chi connectivity index (χ4v) is 5.59. The van der Waals surface area contributed by atoms with Gasteiger partial charge in [0.2, 0.25) is 11.8 Å². The van der Waals surface area contributed by atoms with Crippen molar-refractivity contribution in [3.63, 3.8) is 0 Å². The summed E-state index contributed by atoms with van der Waals surface area (Å²) < 4.78 is 0. The predicted octanol–water partition coefficient (Wildman–Crippen LogP) is 3.06. The fraction of sp³-hybridized carbons (Fsp3) is 0.562. The molecular weight excluding hydrogens is 538 g/mol. The first-order valence-electron chi connectivity index (χ1n) is 14.8. The number of nitrogens with one attached hydrogen (secondary N) is 3. The topological polar surface area (TPSA) is 165 Å². The Bertz CT molecular complexity index is 1230. The minimum atomic E-state index is -1.47. The Balaban J connectivity index is 1.61. The lowest BCUT2D eigenvalue weighted by atomic mass is 9.86. The van der Waals surface area contributed by atoms with Gasteiger partial charge in [0.05, 0.1) is 24.5 Å². The Morgan fingerprint density at radius 1 is 0.857 bits per heavy atom. The zero-order valence-electron chi connectivity index (χ0n) is 24.9. The molecule has 0 aromatic heterocycles. The van der Waals surface area contributed by atoms with Crippen molar-refractivity contribution in [2.24, 2.45) is 17.8 Å². The number of carbonyl (C=O) groups excluding carboxylic acids is 3. The van der Waals surface area contributed by atoms with Crippen molar-refractivity contribution >= 4 is 34.5 Å². The third-order valence-electron chi connectivity index (χ3n) is 7.97. The highest BCUT2D eigenvalue weighted by atomic mass is 16.4. The molecule has 0 bridgehead atoms. The number of carboxylic acid groups (broad SMARTS) is 1.